The number of aromatic nitrogens is 1. The highest BCUT2D eigenvalue weighted by molar-refractivity contribution is 6.39. The summed E-state index contributed by atoms with van der Waals surface area (Å²) in [6, 6.07) is 13.2. The van der Waals surface area contributed by atoms with Gasteiger partial charge in [-0.3, -0.25) is 9.59 Å². The van der Waals surface area contributed by atoms with E-state index >= 15 is 0 Å². The Morgan fingerprint density at radius 1 is 1.04 bits per heavy atom. The Morgan fingerprint density at radius 3 is 2.62 bits per heavy atom. The highest BCUT2D eigenvalue weighted by atomic mass is 19.1. The van der Waals surface area contributed by atoms with E-state index in [1.54, 1.807) is 12.3 Å². The third kappa shape index (κ3) is 3.30. The van der Waals surface area contributed by atoms with Crippen molar-refractivity contribution in [3.8, 4) is 0 Å². The summed E-state index contributed by atoms with van der Waals surface area (Å²) in [4.78, 5) is 26.4. The molecule has 1 aromatic heterocycles. The van der Waals surface area contributed by atoms with Gasteiger partial charge < -0.3 is 10.3 Å². The number of hydrogen-bond donors (Lipinski definition) is 3. The molecule has 0 saturated heterocycles. The van der Waals surface area contributed by atoms with Gasteiger partial charge in [0.15, 0.2) is 0 Å². The fourth-order valence-corrected chi connectivity index (χ4v) is 2.15. The maximum atomic E-state index is 13.4. The average molecular weight is 324 g/mol. The van der Waals surface area contributed by atoms with Crippen molar-refractivity contribution in [3.05, 3.63) is 66.1 Å². The molecule has 0 aliphatic heterocycles. The minimum atomic E-state index is -1.00. The van der Waals surface area contributed by atoms with Crippen molar-refractivity contribution >= 4 is 34.6 Å². The Morgan fingerprint density at radius 2 is 1.79 bits per heavy atom. The molecule has 120 valence electrons. The number of H-pyrrole nitrogens is 1. The Balaban J connectivity index is 1.62. The van der Waals surface area contributed by atoms with Crippen molar-refractivity contribution in [3.63, 3.8) is 0 Å². The van der Waals surface area contributed by atoms with Crippen LogP contribution in [0.15, 0.2) is 59.8 Å². The average Bonchev–Trinajstić information content (AvgIpc) is 3.00. The van der Waals surface area contributed by atoms with E-state index in [1.807, 2.05) is 24.3 Å². The lowest BCUT2D eigenvalue weighted by molar-refractivity contribution is -0.136. The van der Waals surface area contributed by atoms with Gasteiger partial charge in [-0.05, 0) is 18.2 Å². The van der Waals surface area contributed by atoms with E-state index in [9.17, 15) is 14.0 Å². The number of para-hydroxylation sites is 2. The second-order valence-corrected chi connectivity index (χ2v) is 4.92. The predicted molar refractivity (Wildman–Crippen MR) is 89.1 cm³/mol. The second-order valence-electron chi connectivity index (χ2n) is 4.92. The molecule has 3 aromatic rings. The zero-order valence-electron chi connectivity index (χ0n) is 12.4. The molecule has 1 heterocycles. The molecule has 2 amide bonds. The minimum Gasteiger partial charge on any atom is -0.361 e. The largest absolute Gasteiger partial charge is 0.361 e. The molecule has 0 bridgehead atoms. The van der Waals surface area contributed by atoms with Crippen molar-refractivity contribution < 1.29 is 14.0 Å². The molecule has 0 atom stereocenters. The molecule has 7 heteroatoms. The van der Waals surface area contributed by atoms with Gasteiger partial charge in [0.1, 0.15) is 5.82 Å². The summed E-state index contributed by atoms with van der Waals surface area (Å²) in [6.07, 6.45) is 3.16. The van der Waals surface area contributed by atoms with Crippen molar-refractivity contribution in [1.82, 2.24) is 10.4 Å². The van der Waals surface area contributed by atoms with Gasteiger partial charge in [-0.2, -0.15) is 5.10 Å². The predicted octanol–water partition coefficient (Wildman–Crippen LogP) is 2.40. The quantitative estimate of drug-likeness (QED) is 0.392. The Hall–Kier alpha value is -3.48. The summed E-state index contributed by atoms with van der Waals surface area (Å²) < 4.78 is 13.4. The number of fused-ring (bicyclic) bond motifs is 1. The van der Waals surface area contributed by atoms with Crippen LogP contribution in [0.3, 0.4) is 0 Å². The molecule has 0 spiro atoms. The van der Waals surface area contributed by atoms with Crippen LogP contribution >= 0.6 is 0 Å². The molecule has 0 aliphatic carbocycles. The maximum absolute atomic E-state index is 13.4. The molecule has 6 nitrogen and oxygen atoms in total. The van der Waals surface area contributed by atoms with Gasteiger partial charge in [0.05, 0.1) is 11.9 Å². The van der Waals surface area contributed by atoms with Crippen LogP contribution in [0, 0.1) is 5.82 Å². The summed E-state index contributed by atoms with van der Waals surface area (Å²) in [5, 5.41) is 6.86. The number of rotatable bonds is 3. The molecule has 0 fully saturated rings. The zero-order chi connectivity index (χ0) is 16.9. The lowest BCUT2D eigenvalue weighted by Crippen LogP contribution is -2.32. The van der Waals surface area contributed by atoms with Gasteiger partial charge >= 0.3 is 11.8 Å². The SMILES string of the molecule is O=C(N/N=C\c1c[nH]c2ccccc12)C(=O)Nc1ccccc1F. The van der Waals surface area contributed by atoms with E-state index in [4.69, 9.17) is 0 Å². The van der Waals surface area contributed by atoms with E-state index in [0.29, 0.717) is 0 Å². The van der Waals surface area contributed by atoms with Crippen molar-refractivity contribution in [2.75, 3.05) is 5.32 Å². The van der Waals surface area contributed by atoms with E-state index < -0.39 is 17.6 Å². The highest BCUT2D eigenvalue weighted by Crippen LogP contribution is 2.15. The van der Waals surface area contributed by atoms with Crippen LogP contribution in [0.2, 0.25) is 0 Å². The zero-order valence-corrected chi connectivity index (χ0v) is 12.4. The first-order valence-corrected chi connectivity index (χ1v) is 7.10. The number of nitrogens with zero attached hydrogens (tertiary/aromatic N) is 1. The summed E-state index contributed by atoms with van der Waals surface area (Å²) in [6.45, 7) is 0. The molecular weight excluding hydrogens is 311 g/mol. The van der Waals surface area contributed by atoms with Crippen LogP contribution in [-0.2, 0) is 9.59 Å². The van der Waals surface area contributed by atoms with Crippen LogP contribution in [0.4, 0.5) is 10.1 Å². The standard InChI is InChI=1S/C17H13FN4O2/c18-13-6-2-4-8-15(13)21-16(23)17(24)22-20-10-11-9-19-14-7-3-1-5-12(11)14/h1-10,19H,(H,21,23)(H,22,24)/b20-10-. The molecule has 0 radical (unpaired) electrons. The number of anilines is 1. The summed E-state index contributed by atoms with van der Waals surface area (Å²) in [5.41, 5.74) is 3.73. The summed E-state index contributed by atoms with van der Waals surface area (Å²) >= 11 is 0. The number of nitrogens with one attached hydrogen (secondary N) is 3. The first-order valence-electron chi connectivity index (χ1n) is 7.10. The number of halogens is 1. The molecule has 2 aromatic carbocycles. The van der Waals surface area contributed by atoms with Gasteiger partial charge in [0, 0.05) is 22.7 Å². The number of carbonyl (C=O) groups is 2. The van der Waals surface area contributed by atoms with Gasteiger partial charge in [-0.15, -0.1) is 0 Å². The monoisotopic (exact) mass is 324 g/mol. The topological polar surface area (TPSA) is 86.3 Å². The Labute approximate surface area is 136 Å². The maximum Gasteiger partial charge on any atom is 0.329 e. The first kappa shape index (κ1) is 15.4. The van der Waals surface area contributed by atoms with Gasteiger partial charge in [-0.25, -0.2) is 9.82 Å². The second kappa shape index (κ2) is 6.74. The van der Waals surface area contributed by atoms with Crippen LogP contribution in [0.1, 0.15) is 5.56 Å². The van der Waals surface area contributed by atoms with E-state index in [-0.39, 0.29) is 5.69 Å². The van der Waals surface area contributed by atoms with Crippen molar-refractivity contribution in [2.24, 2.45) is 5.10 Å². The number of amides is 2. The molecule has 3 N–H and O–H groups in total. The minimum absolute atomic E-state index is 0.0711. The lowest BCUT2D eigenvalue weighted by Gasteiger charge is -2.04. The van der Waals surface area contributed by atoms with Crippen LogP contribution in [-0.4, -0.2) is 23.0 Å². The normalized spacial score (nSPS) is 10.9. The highest BCUT2D eigenvalue weighted by Gasteiger charge is 2.14. The fourth-order valence-electron chi connectivity index (χ4n) is 2.15. The molecule has 0 unspecified atom stereocenters. The number of carbonyl (C=O) groups excluding carboxylic acids is 2. The fraction of sp³-hybridized carbons (Fsp3) is 0. The van der Waals surface area contributed by atoms with Gasteiger partial charge in [0.2, 0.25) is 0 Å². The van der Waals surface area contributed by atoms with E-state index in [0.717, 1.165) is 16.5 Å². The number of aromatic amines is 1. The third-order valence-corrected chi connectivity index (χ3v) is 3.32. The smallest absolute Gasteiger partial charge is 0.329 e. The van der Waals surface area contributed by atoms with E-state index in [1.165, 1.54) is 24.4 Å². The number of hydrogen-bond acceptors (Lipinski definition) is 3. The molecule has 0 aliphatic rings. The van der Waals surface area contributed by atoms with E-state index in [2.05, 4.69) is 20.8 Å². The van der Waals surface area contributed by atoms with Crippen LogP contribution in [0.25, 0.3) is 10.9 Å². The Bertz CT molecular complexity index is 933. The van der Waals surface area contributed by atoms with Crippen LogP contribution < -0.4 is 10.7 Å². The third-order valence-electron chi connectivity index (χ3n) is 3.32. The van der Waals surface area contributed by atoms with Gasteiger partial charge in [0.25, 0.3) is 0 Å². The van der Waals surface area contributed by atoms with Crippen molar-refractivity contribution in [2.45, 2.75) is 0 Å². The lowest BCUT2D eigenvalue weighted by atomic mass is 10.2. The molecule has 24 heavy (non-hydrogen) atoms. The Kier molecular flexibility index (Phi) is 4.33. The van der Waals surface area contributed by atoms with Gasteiger partial charge in [-0.1, -0.05) is 30.3 Å². The summed E-state index contributed by atoms with van der Waals surface area (Å²) in [7, 11) is 0. The molecular formula is C17H13FN4O2. The molecule has 0 saturated carbocycles. The first-order chi connectivity index (χ1) is 11.6. The van der Waals surface area contributed by atoms with Crippen molar-refractivity contribution in [1.29, 1.82) is 0 Å². The molecule has 3 rings (SSSR count). The van der Waals surface area contributed by atoms with Crippen LogP contribution in [0.5, 0.6) is 0 Å². The number of hydrazone groups is 1. The number of benzene rings is 2. The summed E-state index contributed by atoms with van der Waals surface area (Å²) in [5.74, 6) is -2.62.